The third kappa shape index (κ3) is 3.22. The molecule has 0 aliphatic carbocycles. The highest BCUT2D eigenvalue weighted by molar-refractivity contribution is 5.71. The zero-order chi connectivity index (χ0) is 13.7. The van der Waals surface area contributed by atoms with Crippen LogP contribution >= 0.6 is 0 Å². The molecule has 0 heterocycles. The summed E-state index contributed by atoms with van der Waals surface area (Å²) in [7, 11) is 1.56. The smallest absolute Gasteiger partial charge is 0.211 e. The number of nitrogens with one attached hydrogen (secondary N) is 1. The summed E-state index contributed by atoms with van der Waals surface area (Å²) in [4.78, 5) is 10.2. The predicted molar refractivity (Wildman–Crippen MR) is 69.2 cm³/mol. The second kappa shape index (κ2) is 5.86. The third-order valence-corrected chi connectivity index (χ3v) is 2.44. The summed E-state index contributed by atoms with van der Waals surface area (Å²) in [5.74, 6) is 0.721. The van der Waals surface area contributed by atoms with Gasteiger partial charge in [0.15, 0.2) is 11.6 Å². The van der Waals surface area contributed by atoms with E-state index in [1.807, 2.05) is 0 Å². The molecule has 0 saturated carbocycles. The lowest BCUT2D eigenvalue weighted by atomic mass is 10.3. The van der Waals surface area contributed by atoms with Gasteiger partial charge in [0.25, 0.3) is 0 Å². The van der Waals surface area contributed by atoms with Crippen molar-refractivity contribution in [2.45, 2.75) is 0 Å². The van der Waals surface area contributed by atoms with E-state index in [0.29, 0.717) is 23.6 Å². The Balaban J connectivity index is 2.15. The molecule has 5 heteroatoms. The fraction of sp³-hybridized carbons (Fsp3) is 0.0714. The van der Waals surface area contributed by atoms with Crippen molar-refractivity contribution in [1.29, 1.82) is 0 Å². The van der Waals surface area contributed by atoms with Crippen LogP contribution in [0.3, 0.4) is 0 Å². The summed E-state index contributed by atoms with van der Waals surface area (Å²) in [6, 6.07) is 11.0. The van der Waals surface area contributed by atoms with Gasteiger partial charge in [0.1, 0.15) is 11.5 Å². The summed E-state index contributed by atoms with van der Waals surface area (Å²) in [6.45, 7) is 0. The molecule has 0 bridgehead atoms. The van der Waals surface area contributed by atoms with Crippen molar-refractivity contribution in [2.75, 3.05) is 12.4 Å². The highest BCUT2D eigenvalue weighted by atomic mass is 19.1. The van der Waals surface area contributed by atoms with Crippen molar-refractivity contribution in [3.8, 4) is 17.2 Å². The van der Waals surface area contributed by atoms with Crippen LogP contribution in [-0.2, 0) is 4.79 Å². The molecule has 4 nitrogen and oxygen atoms in total. The molecule has 0 aromatic heterocycles. The molecule has 2 rings (SSSR count). The minimum atomic E-state index is -0.553. The van der Waals surface area contributed by atoms with Crippen LogP contribution in [0.5, 0.6) is 17.2 Å². The van der Waals surface area contributed by atoms with Crippen LogP contribution in [0.25, 0.3) is 0 Å². The van der Waals surface area contributed by atoms with Gasteiger partial charge in [0.05, 0.1) is 7.11 Å². The number of carbonyl (C=O) groups excluding carboxylic acids is 1. The number of methoxy groups -OCH3 is 1. The van der Waals surface area contributed by atoms with Crippen LogP contribution in [-0.4, -0.2) is 13.5 Å². The van der Waals surface area contributed by atoms with E-state index < -0.39 is 5.82 Å². The molecule has 1 amide bonds. The summed E-state index contributed by atoms with van der Waals surface area (Å²) in [5.41, 5.74) is 0.370. The van der Waals surface area contributed by atoms with Crippen molar-refractivity contribution in [3.05, 3.63) is 48.3 Å². The van der Waals surface area contributed by atoms with Crippen molar-refractivity contribution in [3.63, 3.8) is 0 Å². The number of hydrogen-bond acceptors (Lipinski definition) is 3. The highest BCUT2D eigenvalue weighted by Crippen LogP contribution is 2.27. The number of halogens is 1. The van der Waals surface area contributed by atoms with Crippen molar-refractivity contribution in [2.24, 2.45) is 0 Å². The Bertz CT molecular complexity index is 569. The minimum absolute atomic E-state index is 0.0848. The molecule has 0 fully saturated rings. The van der Waals surface area contributed by atoms with E-state index in [1.54, 1.807) is 37.4 Å². The first-order chi connectivity index (χ1) is 9.22. The van der Waals surface area contributed by atoms with E-state index in [4.69, 9.17) is 9.47 Å². The number of rotatable bonds is 5. The number of ether oxygens (including phenoxy) is 2. The van der Waals surface area contributed by atoms with E-state index in [0.717, 1.165) is 0 Å². The van der Waals surface area contributed by atoms with E-state index in [1.165, 1.54) is 12.1 Å². The van der Waals surface area contributed by atoms with Gasteiger partial charge in [0.2, 0.25) is 6.41 Å². The van der Waals surface area contributed by atoms with Crippen molar-refractivity contribution < 1.29 is 18.7 Å². The Kier molecular flexibility index (Phi) is 3.97. The van der Waals surface area contributed by atoms with Crippen molar-refractivity contribution in [1.82, 2.24) is 0 Å². The fourth-order valence-corrected chi connectivity index (χ4v) is 1.51. The number of hydrogen-bond donors (Lipinski definition) is 1. The molecule has 19 heavy (non-hydrogen) atoms. The molecule has 0 saturated heterocycles. The summed E-state index contributed by atoms with van der Waals surface area (Å²) >= 11 is 0. The molecule has 0 aliphatic rings. The first-order valence-corrected chi connectivity index (χ1v) is 5.54. The Morgan fingerprint density at radius 2 is 1.79 bits per heavy atom. The second-order valence-electron chi connectivity index (χ2n) is 3.68. The average Bonchev–Trinajstić information content (AvgIpc) is 2.43. The van der Waals surface area contributed by atoms with Gasteiger partial charge in [0, 0.05) is 11.8 Å². The lowest BCUT2D eigenvalue weighted by Gasteiger charge is -2.08. The van der Waals surface area contributed by atoms with Gasteiger partial charge in [-0.3, -0.25) is 4.79 Å². The standard InChI is InChI=1S/C14H12FNO3/c1-18-11-3-5-12(6-4-11)19-14-7-2-10(16-9-17)8-13(14)15/h2-9H,1H3,(H,16,17). The Morgan fingerprint density at radius 1 is 1.11 bits per heavy atom. The lowest BCUT2D eigenvalue weighted by Crippen LogP contribution is -1.95. The summed E-state index contributed by atoms with van der Waals surface area (Å²) in [6.07, 6.45) is 0.485. The van der Waals surface area contributed by atoms with Crippen molar-refractivity contribution >= 4 is 12.1 Å². The van der Waals surface area contributed by atoms with E-state index in [2.05, 4.69) is 5.32 Å². The van der Waals surface area contributed by atoms with Crippen LogP contribution in [0.2, 0.25) is 0 Å². The van der Waals surface area contributed by atoms with Gasteiger partial charge >= 0.3 is 0 Å². The first kappa shape index (κ1) is 12.9. The second-order valence-corrected chi connectivity index (χ2v) is 3.68. The largest absolute Gasteiger partial charge is 0.497 e. The fourth-order valence-electron chi connectivity index (χ4n) is 1.51. The topological polar surface area (TPSA) is 47.6 Å². The third-order valence-electron chi connectivity index (χ3n) is 2.44. The Hall–Kier alpha value is -2.56. The number of benzene rings is 2. The maximum absolute atomic E-state index is 13.7. The molecule has 0 unspecified atom stereocenters. The molecule has 2 aromatic rings. The number of anilines is 1. The van der Waals surface area contributed by atoms with Gasteiger partial charge in [-0.1, -0.05) is 0 Å². The number of amides is 1. The van der Waals surface area contributed by atoms with Crippen LogP contribution in [0.15, 0.2) is 42.5 Å². The lowest BCUT2D eigenvalue weighted by molar-refractivity contribution is -0.105. The zero-order valence-corrected chi connectivity index (χ0v) is 10.2. The molecule has 0 atom stereocenters. The quantitative estimate of drug-likeness (QED) is 0.841. The number of carbonyl (C=O) groups is 1. The molecule has 2 aromatic carbocycles. The van der Waals surface area contributed by atoms with Gasteiger partial charge in [-0.25, -0.2) is 4.39 Å². The Morgan fingerprint density at radius 3 is 2.37 bits per heavy atom. The minimum Gasteiger partial charge on any atom is -0.497 e. The van der Waals surface area contributed by atoms with E-state index >= 15 is 0 Å². The van der Waals surface area contributed by atoms with Gasteiger partial charge in [-0.2, -0.15) is 0 Å². The Labute approximate surface area is 109 Å². The van der Waals surface area contributed by atoms with E-state index in [-0.39, 0.29) is 5.75 Å². The van der Waals surface area contributed by atoms with Gasteiger partial charge < -0.3 is 14.8 Å². The van der Waals surface area contributed by atoms with Crippen LogP contribution in [0, 0.1) is 5.82 Å². The van der Waals surface area contributed by atoms with Crippen LogP contribution in [0.4, 0.5) is 10.1 Å². The first-order valence-electron chi connectivity index (χ1n) is 5.54. The van der Waals surface area contributed by atoms with Gasteiger partial charge in [-0.15, -0.1) is 0 Å². The molecular weight excluding hydrogens is 249 g/mol. The molecule has 98 valence electrons. The zero-order valence-electron chi connectivity index (χ0n) is 10.2. The van der Waals surface area contributed by atoms with Crippen LogP contribution in [0.1, 0.15) is 0 Å². The monoisotopic (exact) mass is 261 g/mol. The molecule has 0 spiro atoms. The SMILES string of the molecule is COc1ccc(Oc2ccc(NC=O)cc2F)cc1. The predicted octanol–water partition coefficient (Wildman–Crippen LogP) is 3.19. The maximum atomic E-state index is 13.7. The molecule has 0 aliphatic heterocycles. The summed E-state index contributed by atoms with van der Waals surface area (Å²) < 4.78 is 24.1. The maximum Gasteiger partial charge on any atom is 0.211 e. The van der Waals surface area contributed by atoms with Gasteiger partial charge in [-0.05, 0) is 36.4 Å². The normalized spacial score (nSPS) is 9.79. The van der Waals surface area contributed by atoms with E-state index in [9.17, 15) is 9.18 Å². The average molecular weight is 261 g/mol. The molecule has 1 N–H and O–H groups in total. The molecular formula is C14H12FNO3. The highest BCUT2D eigenvalue weighted by Gasteiger charge is 2.06. The summed E-state index contributed by atoms with van der Waals surface area (Å²) in [5, 5.41) is 2.36. The molecule has 0 radical (unpaired) electrons. The van der Waals surface area contributed by atoms with Crippen LogP contribution < -0.4 is 14.8 Å².